The summed E-state index contributed by atoms with van der Waals surface area (Å²) in [5, 5.41) is 12.8. The Kier molecular flexibility index (Phi) is 11.7. The maximum atomic E-state index is 14.4. The summed E-state index contributed by atoms with van der Waals surface area (Å²) in [4.78, 5) is 41.9. The van der Waals surface area contributed by atoms with Crippen LogP contribution in [0.4, 0.5) is 13.2 Å². The summed E-state index contributed by atoms with van der Waals surface area (Å²) in [6.45, 7) is 6.75. The Hall–Kier alpha value is -5.52. The third kappa shape index (κ3) is 10.4. The van der Waals surface area contributed by atoms with E-state index < -0.39 is 42.5 Å². The molecule has 1 aliphatic carbocycles. The molecule has 6 rings (SSSR count). The molecular formula is C43H45F3N2O7. The predicted molar refractivity (Wildman–Crippen MR) is 199 cm³/mol. The molecule has 1 aliphatic heterocycles. The topological polar surface area (TPSA) is 114 Å². The van der Waals surface area contributed by atoms with Crippen molar-refractivity contribution in [2.45, 2.75) is 89.6 Å². The highest BCUT2D eigenvalue weighted by molar-refractivity contribution is 5.90. The molecule has 2 unspecified atom stereocenters. The van der Waals surface area contributed by atoms with Crippen molar-refractivity contribution in [1.82, 2.24) is 10.2 Å². The molecule has 1 saturated carbocycles. The highest BCUT2D eigenvalue weighted by Crippen LogP contribution is 2.37. The van der Waals surface area contributed by atoms with E-state index in [2.05, 4.69) is 30.8 Å². The molecule has 290 valence electrons. The van der Waals surface area contributed by atoms with E-state index in [9.17, 15) is 32.7 Å². The number of carboxylic acid groups (broad SMARTS) is 1. The van der Waals surface area contributed by atoms with E-state index in [-0.39, 0.29) is 23.0 Å². The number of halogens is 3. The zero-order valence-corrected chi connectivity index (χ0v) is 31.0. The largest absolute Gasteiger partial charge is 0.573 e. The number of nitrogens with one attached hydrogen (secondary N) is 1. The monoisotopic (exact) mass is 758 g/mol. The van der Waals surface area contributed by atoms with E-state index >= 15 is 0 Å². The van der Waals surface area contributed by atoms with E-state index in [0.29, 0.717) is 47.8 Å². The predicted octanol–water partition coefficient (Wildman–Crippen LogP) is 9.81. The summed E-state index contributed by atoms with van der Waals surface area (Å²) >= 11 is 0. The lowest BCUT2D eigenvalue weighted by molar-refractivity contribution is -0.274. The maximum Gasteiger partial charge on any atom is 0.573 e. The van der Waals surface area contributed by atoms with E-state index in [0.717, 1.165) is 43.4 Å². The van der Waals surface area contributed by atoms with Crippen LogP contribution >= 0.6 is 0 Å². The molecule has 0 spiro atoms. The molecule has 2 N–H and O–H groups in total. The number of ether oxygens (including phenoxy) is 3. The minimum atomic E-state index is -4.82. The van der Waals surface area contributed by atoms with Crippen molar-refractivity contribution in [3.05, 3.63) is 113 Å². The molecule has 12 heteroatoms. The van der Waals surface area contributed by atoms with Crippen LogP contribution in [-0.2, 0) is 26.2 Å². The molecule has 0 saturated heterocycles. The maximum absolute atomic E-state index is 14.4. The quantitative estimate of drug-likeness (QED) is 0.148. The second kappa shape index (κ2) is 16.5. The van der Waals surface area contributed by atoms with E-state index in [1.54, 1.807) is 35.2 Å². The van der Waals surface area contributed by atoms with Crippen LogP contribution in [0.25, 0.3) is 0 Å². The molecule has 0 bridgehead atoms. The van der Waals surface area contributed by atoms with Gasteiger partial charge in [-0.3, -0.25) is 14.4 Å². The van der Waals surface area contributed by atoms with Crippen molar-refractivity contribution in [2.24, 2.45) is 5.92 Å². The van der Waals surface area contributed by atoms with Crippen molar-refractivity contribution in [3.8, 4) is 28.7 Å². The Bertz CT molecular complexity index is 1970. The van der Waals surface area contributed by atoms with Crippen LogP contribution in [0.2, 0.25) is 0 Å². The third-order valence-electron chi connectivity index (χ3n) is 10.1. The molecule has 0 radical (unpaired) electrons. The number of carboxylic acids is 1. The molecule has 2 atom stereocenters. The SMILES string of the molecule is CC(C)(C)c1ccc(Oc2ccc3c(c2)CCN(C(=O)CC2CCCC2)C3C(=O)NC(CC(=O)O)c2ccc(Oc3ccc(OC(F)(F)F)cc3)cc2)cc1. The normalized spacial score (nSPS) is 16.5. The standard InChI is InChI=1S/C43H45F3N2O7/c1-42(2,3)30-10-14-32(15-11-30)54-35-20-21-36-29(25-35)22-23-48(38(49)24-27-6-4-5-7-27)40(36)41(52)47-37(26-39(50)51)28-8-12-31(13-9-28)53-33-16-18-34(19-17-33)55-43(44,45)46/h8-21,25,27,37,40H,4-7,22-24,26H2,1-3H3,(H,47,52)(H,50,51). The smallest absolute Gasteiger partial charge is 0.481 e. The molecule has 1 fully saturated rings. The first-order chi connectivity index (χ1) is 26.1. The molecule has 2 amide bonds. The van der Waals surface area contributed by atoms with E-state index in [1.807, 2.05) is 36.4 Å². The molecule has 2 aliphatic rings. The zero-order chi connectivity index (χ0) is 39.3. The first-order valence-electron chi connectivity index (χ1n) is 18.5. The molecule has 4 aromatic carbocycles. The average molecular weight is 759 g/mol. The number of alkyl halides is 3. The number of hydrogen-bond acceptors (Lipinski definition) is 6. The van der Waals surface area contributed by atoms with E-state index in [1.165, 1.54) is 17.7 Å². The highest BCUT2D eigenvalue weighted by atomic mass is 19.4. The lowest BCUT2D eigenvalue weighted by Gasteiger charge is -2.38. The third-order valence-corrected chi connectivity index (χ3v) is 10.1. The highest BCUT2D eigenvalue weighted by Gasteiger charge is 2.38. The second-order valence-electron chi connectivity index (χ2n) is 15.2. The number of aliphatic carboxylic acids is 1. The fraction of sp³-hybridized carbons (Fsp3) is 0.372. The van der Waals surface area contributed by atoms with E-state index in [4.69, 9.17) is 9.47 Å². The number of fused-ring (bicyclic) bond motifs is 1. The number of carbonyl (C=O) groups is 3. The number of rotatable bonds is 12. The van der Waals surface area contributed by atoms with Crippen LogP contribution in [-0.4, -0.2) is 40.7 Å². The van der Waals surface area contributed by atoms with Crippen LogP contribution < -0.4 is 19.5 Å². The van der Waals surface area contributed by atoms with Gasteiger partial charge in [0.05, 0.1) is 12.5 Å². The number of hydrogen-bond donors (Lipinski definition) is 2. The lowest BCUT2D eigenvalue weighted by Crippen LogP contribution is -2.48. The molecule has 9 nitrogen and oxygen atoms in total. The van der Waals surface area contributed by atoms with Crippen molar-refractivity contribution in [2.75, 3.05) is 6.54 Å². The Morgan fingerprint density at radius 2 is 1.35 bits per heavy atom. The first-order valence-corrected chi connectivity index (χ1v) is 18.5. The molecule has 1 heterocycles. The van der Waals surface area contributed by atoms with Gasteiger partial charge in [0.25, 0.3) is 0 Å². The van der Waals surface area contributed by atoms with Gasteiger partial charge in [0, 0.05) is 13.0 Å². The summed E-state index contributed by atoms with van der Waals surface area (Å²) < 4.78 is 53.4. The van der Waals surface area contributed by atoms with Crippen molar-refractivity contribution in [3.63, 3.8) is 0 Å². The fourth-order valence-electron chi connectivity index (χ4n) is 7.25. The average Bonchev–Trinajstić information content (AvgIpc) is 3.64. The van der Waals surface area contributed by atoms with Gasteiger partial charge in [0.15, 0.2) is 0 Å². The lowest BCUT2D eigenvalue weighted by atomic mass is 9.87. The van der Waals surface area contributed by atoms with Crippen LogP contribution in [0.15, 0.2) is 91.0 Å². The van der Waals surface area contributed by atoms with Gasteiger partial charge in [-0.1, -0.05) is 63.9 Å². The van der Waals surface area contributed by atoms with Crippen molar-refractivity contribution in [1.29, 1.82) is 0 Å². The number of carbonyl (C=O) groups excluding carboxylic acids is 2. The van der Waals surface area contributed by atoms with Gasteiger partial charge >= 0.3 is 12.3 Å². The van der Waals surface area contributed by atoms with Gasteiger partial charge in [0.2, 0.25) is 11.8 Å². The van der Waals surface area contributed by atoms with Gasteiger partial charge in [-0.25, -0.2) is 0 Å². The second-order valence-corrected chi connectivity index (χ2v) is 15.2. The Morgan fingerprint density at radius 1 is 0.800 bits per heavy atom. The van der Waals surface area contributed by atoms with Gasteiger partial charge in [-0.15, -0.1) is 13.2 Å². The molecule has 4 aromatic rings. The fourth-order valence-corrected chi connectivity index (χ4v) is 7.25. The van der Waals surface area contributed by atoms with Crippen molar-refractivity contribution < 1.29 is 46.9 Å². The van der Waals surface area contributed by atoms with Crippen LogP contribution in [0.5, 0.6) is 28.7 Å². The van der Waals surface area contributed by atoms with Gasteiger partial charge in [-0.2, -0.15) is 0 Å². The summed E-state index contributed by atoms with van der Waals surface area (Å²) in [6.07, 6.45) is -0.264. The van der Waals surface area contributed by atoms with Crippen LogP contribution in [0.1, 0.15) is 93.6 Å². The summed E-state index contributed by atoms with van der Waals surface area (Å²) in [7, 11) is 0. The summed E-state index contributed by atoms with van der Waals surface area (Å²) in [5.74, 6) is -0.00279. The Balaban J connectivity index is 1.22. The number of nitrogens with zero attached hydrogens (tertiary/aromatic N) is 1. The number of amides is 2. The molecule has 55 heavy (non-hydrogen) atoms. The first kappa shape index (κ1) is 39.2. The summed E-state index contributed by atoms with van der Waals surface area (Å²) in [5.41, 5.74) is 3.18. The Morgan fingerprint density at radius 3 is 1.93 bits per heavy atom. The molecule has 0 aromatic heterocycles. The van der Waals surface area contributed by atoms with Crippen LogP contribution in [0.3, 0.4) is 0 Å². The van der Waals surface area contributed by atoms with Crippen LogP contribution in [0, 0.1) is 5.92 Å². The Labute approximate surface area is 318 Å². The van der Waals surface area contributed by atoms with Gasteiger partial charge in [-0.05, 0) is 114 Å². The minimum Gasteiger partial charge on any atom is -0.481 e. The zero-order valence-electron chi connectivity index (χ0n) is 31.0. The van der Waals surface area contributed by atoms with Gasteiger partial charge < -0.3 is 29.5 Å². The van der Waals surface area contributed by atoms with Crippen molar-refractivity contribution >= 4 is 17.8 Å². The summed E-state index contributed by atoms with van der Waals surface area (Å²) in [6, 6.07) is 22.7. The number of benzene rings is 4. The minimum absolute atomic E-state index is 0.000777. The molecular weight excluding hydrogens is 713 g/mol. The van der Waals surface area contributed by atoms with Gasteiger partial charge in [0.1, 0.15) is 34.8 Å².